The molecule has 0 fully saturated rings. The number of aromatic nitrogens is 1. The van der Waals surface area contributed by atoms with Gasteiger partial charge in [-0.25, -0.2) is 13.1 Å². The summed E-state index contributed by atoms with van der Waals surface area (Å²) in [7, 11) is -2.11. The van der Waals surface area contributed by atoms with E-state index in [-0.39, 0.29) is 17.1 Å². The standard InChI is InChI=1S/C11H19N3O4S/c1-8(15)4-3-5-13-19(17,18)9-6-10(11(12)16)14(2)7-9/h6-8,13,15H,3-5H2,1-2H3,(H2,12,16). The molecule has 0 spiro atoms. The van der Waals surface area contributed by atoms with Crippen LogP contribution >= 0.6 is 0 Å². The molecule has 0 radical (unpaired) electrons. The highest BCUT2D eigenvalue weighted by Gasteiger charge is 2.18. The van der Waals surface area contributed by atoms with E-state index in [2.05, 4.69) is 4.72 Å². The Morgan fingerprint density at radius 2 is 2.21 bits per heavy atom. The summed E-state index contributed by atoms with van der Waals surface area (Å²) in [6.07, 6.45) is 1.93. The molecule has 4 N–H and O–H groups in total. The third-order valence-electron chi connectivity index (χ3n) is 2.63. The third kappa shape index (κ3) is 4.34. The Kier molecular flexibility index (Phi) is 5.10. The minimum atomic E-state index is -3.65. The average molecular weight is 289 g/mol. The lowest BCUT2D eigenvalue weighted by Crippen LogP contribution is -2.25. The third-order valence-corrected chi connectivity index (χ3v) is 4.06. The number of aliphatic hydroxyl groups is 1. The maximum absolute atomic E-state index is 11.9. The molecule has 0 bridgehead atoms. The van der Waals surface area contributed by atoms with Gasteiger partial charge in [-0.15, -0.1) is 0 Å². The topological polar surface area (TPSA) is 114 Å². The number of hydrogen-bond donors (Lipinski definition) is 3. The molecule has 0 aliphatic rings. The molecular weight excluding hydrogens is 270 g/mol. The van der Waals surface area contributed by atoms with Crippen LogP contribution in [0, 0.1) is 0 Å². The van der Waals surface area contributed by atoms with Crippen molar-refractivity contribution in [2.45, 2.75) is 30.8 Å². The van der Waals surface area contributed by atoms with Crippen LogP contribution in [0.2, 0.25) is 0 Å². The van der Waals surface area contributed by atoms with E-state index >= 15 is 0 Å². The summed E-state index contributed by atoms with van der Waals surface area (Å²) in [5.74, 6) is -0.682. The highest BCUT2D eigenvalue weighted by Crippen LogP contribution is 2.13. The molecule has 108 valence electrons. The van der Waals surface area contributed by atoms with Crippen molar-refractivity contribution in [2.75, 3.05) is 6.54 Å². The lowest BCUT2D eigenvalue weighted by molar-refractivity contribution is 0.0992. The van der Waals surface area contributed by atoms with Crippen LogP contribution in [-0.2, 0) is 17.1 Å². The fourth-order valence-corrected chi connectivity index (χ4v) is 2.76. The second-order valence-corrected chi connectivity index (χ2v) is 6.19. The number of rotatable bonds is 7. The van der Waals surface area contributed by atoms with Gasteiger partial charge < -0.3 is 15.4 Å². The largest absolute Gasteiger partial charge is 0.393 e. The predicted molar refractivity (Wildman–Crippen MR) is 70.0 cm³/mol. The first-order chi connectivity index (χ1) is 8.74. The van der Waals surface area contributed by atoms with Crippen LogP contribution in [0.25, 0.3) is 0 Å². The Morgan fingerprint density at radius 1 is 1.58 bits per heavy atom. The number of nitrogens with one attached hydrogen (secondary N) is 1. The Hall–Kier alpha value is -1.38. The van der Waals surface area contributed by atoms with Crippen molar-refractivity contribution in [1.29, 1.82) is 0 Å². The molecule has 1 amide bonds. The zero-order valence-corrected chi connectivity index (χ0v) is 11.8. The minimum Gasteiger partial charge on any atom is -0.393 e. The molecule has 0 saturated heterocycles. The lowest BCUT2D eigenvalue weighted by atomic mass is 10.2. The van der Waals surface area contributed by atoms with Gasteiger partial charge in [0.25, 0.3) is 5.91 Å². The highest BCUT2D eigenvalue weighted by atomic mass is 32.2. The van der Waals surface area contributed by atoms with Crippen LogP contribution in [-0.4, -0.2) is 36.6 Å². The van der Waals surface area contributed by atoms with E-state index < -0.39 is 22.0 Å². The van der Waals surface area contributed by atoms with Crippen LogP contribution in [0.4, 0.5) is 0 Å². The Balaban J connectivity index is 2.72. The molecule has 7 nitrogen and oxygen atoms in total. The van der Waals surface area contributed by atoms with E-state index in [0.29, 0.717) is 12.8 Å². The van der Waals surface area contributed by atoms with Gasteiger partial charge in [-0.1, -0.05) is 0 Å². The first-order valence-corrected chi connectivity index (χ1v) is 7.36. The molecule has 19 heavy (non-hydrogen) atoms. The lowest BCUT2D eigenvalue weighted by Gasteiger charge is -2.06. The summed E-state index contributed by atoms with van der Waals surface area (Å²) in [5, 5.41) is 9.07. The molecule has 1 aromatic heterocycles. The van der Waals surface area contributed by atoms with Crippen molar-refractivity contribution in [3.63, 3.8) is 0 Å². The van der Waals surface area contributed by atoms with E-state index in [1.807, 2.05) is 0 Å². The fraction of sp³-hybridized carbons (Fsp3) is 0.545. The Morgan fingerprint density at radius 3 is 2.68 bits per heavy atom. The molecule has 8 heteroatoms. The number of amides is 1. The maximum atomic E-state index is 11.9. The quantitative estimate of drug-likeness (QED) is 0.590. The van der Waals surface area contributed by atoms with E-state index in [1.165, 1.54) is 16.8 Å². The number of nitrogens with zero attached hydrogens (tertiary/aromatic N) is 1. The molecule has 1 heterocycles. The maximum Gasteiger partial charge on any atom is 0.265 e. The number of carbonyl (C=O) groups is 1. The van der Waals surface area contributed by atoms with Crippen LogP contribution < -0.4 is 10.5 Å². The smallest absolute Gasteiger partial charge is 0.265 e. The predicted octanol–water partition coefficient (Wildman–Crippen LogP) is -0.437. The first-order valence-electron chi connectivity index (χ1n) is 5.88. The second-order valence-electron chi connectivity index (χ2n) is 4.43. The molecule has 0 saturated carbocycles. The second kappa shape index (κ2) is 6.18. The SMILES string of the molecule is CC(O)CCCNS(=O)(=O)c1cc(C(N)=O)n(C)c1. The molecule has 1 aromatic rings. The van der Waals surface area contributed by atoms with Gasteiger partial charge in [0, 0.05) is 19.8 Å². The normalized spacial score (nSPS) is 13.4. The van der Waals surface area contributed by atoms with Crippen molar-refractivity contribution >= 4 is 15.9 Å². The number of nitrogens with two attached hydrogens (primary N) is 1. The summed E-state index contributed by atoms with van der Waals surface area (Å²) in [6.45, 7) is 1.87. The molecular formula is C11H19N3O4S. The van der Waals surface area contributed by atoms with Gasteiger partial charge in [0.15, 0.2) is 0 Å². The van der Waals surface area contributed by atoms with Crippen molar-refractivity contribution in [1.82, 2.24) is 9.29 Å². The zero-order chi connectivity index (χ0) is 14.6. The van der Waals surface area contributed by atoms with Crippen LogP contribution in [0.5, 0.6) is 0 Å². The van der Waals surface area contributed by atoms with Crippen molar-refractivity contribution in [3.05, 3.63) is 18.0 Å². The van der Waals surface area contributed by atoms with Gasteiger partial charge in [0.05, 0.1) is 6.10 Å². The monoisotopic (exact) mass is 289 g/mol. The van der Waals surface area contributed by atoms with Crippen molar-refractivity contribution in [3.8, 4) is 0 Å². The number of sulfonamides is 1. The van der Waals surface area contributed by atoms with Crippen LogP contribution in [0.1, 0.15) is 30.3 Å². The minimum absolute atomic E-state index is 0.000784. The first kappa shape index (κ1) is 15.7. The van der Waals surface area contributed by atoms with Gasteiger partial charge in [0.1, 0.15) is 10.6 Å². The zero-order valence-electron chi connectivity index (χ0n) is 11.0. The van der Waals surface area contributed by atoms with E-state index in [9.17, 15) is 13.2 Å². The van der Waals surface area contributed by atoms with Crippen LogP contribution in [0.15, 0.2) is 17.2 Å². The molecule has 0 aromatic carbocycles. The summed E-state index contributed by atoms with van der Waals surface area (Å²) in [5.41, 5.74) is 5.25. The average Bonchev–Trinajstić information content (AvgIpc) is 2.67. The molecule has 1 rings (SSSR count). The Bertz CT molecular complexity index is 548. The molecule has 1 atom stereocenters. The van der Waals surface area contributed by atoms with Crippen molar-refractivity contribution < 1.29 is 18.3 Å². The summed E-state index contributed by atoms with van der Waals surface area (Å²) in [6, 6.07) is 1.24. The number of primary amides is 1. The summed E-state index contributed by atoms with van der Waals surface area (Å²) in [4.78, 5) is 11.1. The van der Waals surface area contributed by atoms with Gasteiger partial charge in [-0.2, -0.15) is 0 Å². The number of hydrogen-bond acceptors (Lipinski definition) is 4. The summed E-state index contributed by atoms with van der Waals surface area (Å²) >= 11 is 0. The highest BCUT2D eigenvalue weighted by molar-refractivity contribution is 7.89. The van der Waals surface area contributed by atoms with E-state index in [0.717, 1.165) is 0 Å². The summed E-state index contributed by atoms with van der Waals surface area (Å²) < 4.78 is 27.6. The van der Waals surface area contributed by atoms with E-state index in [4.69, 9.17) is 10.8 Å². The van der Waals surface area contributed by atoms with Gasteiger partial charge in [-0.05, 0) is 25.8 Å². The molecule has 1 unspecified atom stereocenters. The van der Waals surface area contributed by atoms with Crippen LogP contribution in [0.3, 0.4) is 0 Å². The van der Waals surface area contributed by atoms with Gasteiger partial charge >= 0.3 is 0 Å². The fourth-order valence-electron chi connectivity index (χ4n) is 1.61. The van der Waals surface area contributed by atoms with Gasteiger partial charge in [-0.3, -0.25) is 4.79 Å². The Labute approximate surface area is 112 Å². The number of aryl methyl sites for hydroxylation is 1. The number of aliphatic hydroxyl groups excluding tert-OH is 1. The molecule has 0 aliphatic carbocycles. The number of carbonyl (C=O) groups excluding carboxylic acids is 1. The van der Waals surface area contributed by atoms with Crippen molar-refractivity contribution in [2.24, 2.45) is 12.8 Å². The van der Waals surface area contributed by atoms with E-state index in [1.54, 1.807) is 14.0 Å². The molecule has 0 aliphatic heterocycles. The van der Waals surface area contributed by atoms with Gasteiger partial charge in [0.2, 0.25) is 10.0 Å².